The van der Waals surface area contributed by atoms with E-state index in [1.807, 2.05) is 13.8 Å². The number of nitrogens with zero attached hydrogens (tertiary/aromatic N) is 1. The molecule has 0 saturated heterocycles. The molecule has 0 unspecified atom stereocenters. The number of aromatic carboxylic acids is 1. The average Bonchev–Trinajstić information content (AvgIpc) is 2.39. The molecule has 1 aromatic heterocycles. The Morgan fingerprint density at radius 2 is 1.95 bits per heavy atom. The van der Waals surface area contributed by atoms with Crippen molar-refractivity contribution in [3.8, 4) is 11.3 Å². The third-order valence-corrected chi connectivity index (χ3v) is 3.15. The van der Waals surface area contributed by atoms with Crippen LogP contribution in [0, 0.1) is 12.7 Å². The first-order valence-electron chi connectivity index (χ1n) is 6.41. The van der Waals surface area contributed by atoms with E-state index in [0.717, 1.165) is 0 Å². The number of aryl methyl sites for hydroxylation is 1. The second-order valence-electron chi connectivity index (χ2n) is 5.03. The van der Waals surface area contributed by atoms with Crippen molar-refractivity contribution in [3.63, 3.8) is 0 Å². The van der Waals surface area contributed by atoms with E-state index >= 15 is 0 Å². The van der Waals surface area contributed by atoms with Gasteiger partial charge < -0.3 is 5.11 Å². The standard InChI is InChI=1S/C16H16FNO2/c1-9(2)14-12(16(19)20)8-10(3)15(18-14)11-6-4-5-7-13(11)17/h4-9H,1-3H3,(H,19,20). The van der Waals surface area contributed by atoms with Gasteiger partial charge in [0.25, 0.3) is 0 Å². The van der Waals surface area contributed by atoms with Gasteiger partial charge in [0.2, 0.25) is 0 Å². The van der Waals surface area contributed by atoms with Crippen LogP contribution in [0.3, 0.4) is 0 Å². The highest BCUT2D eigenvalue weighted by Crippen LogP contribution is 2.28. The predicted octanol–water partition coefficient (Wildman–Crippen LogP) is 4.02. The van der Waals surface area contributed by atoms with Gasteiger partial charge >= 0.3 is 5.97 Å². The Morgan fingerprint density at radius 1 is 1.30 bits per heavy atom. The Labute approximate surface area is 117 Å². The van der Waals surface area contributed by atoms with Gasteiger partial charge in [-0.25, -0.2) is 9.18 Å². The Balaban J connectivity index is 2.70. The zero-order valence-corrected chi connectivity index (χ0v) is 11.6. The SMILES string of the molecule is Cc1cc(C(=O)O)c(C(C)C)nc1-c1ccccc1F. The molecule has 2 aromatic rings. The lowest BCUT2D eigenvalue weighted by molar-refractivity contribution is 0.0694. The van der Waals surface area contributed by atoms with Crippen molar-refractivity contribution in [1.82, 2.24) is 4.98 Å². The van der Waals surface area contributed by atoms with Crippen LogP contribution in [0.2, 0.25) is 0 Å². The fourth-order valence-corrected chi connectivity index (χ4v) is 2.16. The van der Waals surface area contributed by atoms with E-state index in [2.05, 4.69) is 4.98 Å². The summed E-state index contributed by atoms with van der Waals surface area (Å²) in [6, 6.07) is 7.93. The summed E-state index contributed by atoms with van der Waals surface area (Å²) in [6.07, 6.45) is 0. The van der Waals surface area contributed by atoms with Crippen molar-refractivity contribution in [2.45, 2.75) is 26.7 Å². The van der Waals surface area contributed by atoms with Crippen LogP contribution in [0.1, 0.15) is 41.4 Å². The minimum Gasteiger partial charge on any atom is -0.478 e. The number of carboxylic acids is 1. The molecule has 0 spiro atoms. The molecule has 0 radical (unpaired) electrons. The van der Waals surface area contributed by atoms with Crippen LogP contribution in [0.25, 0.3) is 11.3 Å². The van der Waals surface area contributed by atoms with Crippen LogP contribution in [-0.2, 0) is 0 Å². The quantitative estimate of drug-likeness (QED) is 0.919. The molecule has 1 N–H and O–H groups in total. The van der Waals surface area contributed by atoms with Crippen LogP contribution < -0.4 is 0 Å². The largest absolute Gasteiger partial charge is 0.478 e. The summed E-state index contributed by atoms with van der Waals surface area (Å²) in [5.41, 5.74) is 2.19. The minimum atomic E-state index is -1.01. The first kappa shape index (κ1) is 14.2. The smallest absolute Gasteiger partial charge is 0.337 e. The van der Waals surface area contributed by atoms with Gasteiger partial charge in [0.15, 0.2) is 0 Å². The van der Waals surface area contributed by atoms with E-state index in [0.29, 0.717) is 22.5 Å². The summed E-state index contributed by atoms with van der Waals surface area (Å²) in [5, 5.41) is 9.24. The molecule has 2 rings (SSSR count). The Morgan fingerprint density at radius 3 is 2.50 bits per heavy atom. The summed E-state index contributed by atoms with van der Waals surface area (Å²) < 4.78 is 13.9. The number of benzene rings is 1. The van der Waals surface area contributed by atoms with Crippen molar-refractivity contribution in [2.24, 2.45) is 0 Å². The van der Waals surface area contributed by atoms with Gasteiger partial charge in [-0.2, -0.15) is 0 Å². The third-order valence-electron chi connectivity index (χ3n) is 3.15. The Bertz CT molecular complexity index is 666. The maximum atomic E-state index is 13.9. The van der Waals surface area contributed by atoms with Crippen molar-refractivity contribution < 1.29 is 14.3 Å². The third kappa shape index (κ3) is 2.54. The molecular formula is C16H16FNO2. The lowest BCUT2D eigenvalue weighted by atomic mass is 9.98. The monoisotopic (exact) mass is 273 g/mol. The molecule has 104 valence electrons. The van der Waals surface area contributed by atoms with Crippen LogP contribution in [0.4, 0.5) is 4.39 Å². The number of hydrogen-bond donors (Lipinski definition) is 1. The van der Waals surface area contributed by atoms with Gasteiger partial charge in [-0.05, 0) is 36.6 Å². The zero-order valence-electron chi connectivity index (χ0n) is 11.6. The van der Waals surface area contributed by atoms with E-state index in [4.69, 9.17) is 0 Å². The van der Waals surface area contributed by atoms with Crippen LogP contribution in [0.5, 0.6) is 0 Å². The lowest BCUT2D eigenvalue weighted by Crippen LogP contribution is -2.09. The first-order chi connectivity index (χ1) is 9.41. The van der Waals surface area contributed by atoms with E-state index in [9.17, 15) is 14.3 Å². The van der Waals surface area contributed by atoms with Crippen LogP contribution >= 0.6 is 0 Å². The maximum Gasteiger partial charge on any atom is 0.337 e. The highest BCUT2D eigenvalue weighted by Gasteiger charge is 2.19. The molecule has 0 atom stereocenters. The fourth-order valence-electron chi connectivity index (χ4n) is 2.16. The first-order valence-corrected chi connectivity index (χ1v) is 6.41. The summed E-state index contributed by atoms with van der Waals surface area (Å²) in [5.74, 6) is -1.42. The molecule has 20 heavy (non-hydrogen) atoms. The van der Waals surface area contributed by atoms with Crippen molar-refractivity contribution in [2.75, 3.05) is 0 Å². The highest BCUT2D eigenvalue weighted by atomic mass is 19.1. The van der Waals surface area contributed by atoms with Crippen LogP contribution in [-0.4, -0.2) is 16.1 Å². The molecule has 0 aliphatic rings. The lowest BCUT2D eigenvalue weighted by Gasteiger charge is -2.14. The summed E-state index contributed by atoms with van der Waals surface area (Å²) in [4.78, 5) is 15.7. The predicted molar refractivity (Wildman–Crippen MR) is 75.4 cm³/mol. The normalized spacial score (nSPS) is 10.8. The fraction of sp³-hybridized carbons (Fsp3) is 0.250. The number of carboxylic acid groups (broad SMARTS) is 1. The number of aromatic nitrogens is 1. The second-order valence-corrected chi connectivity index (χ2v) is 5.03. The van der Waals surface area contributed by atoms with Gasteiger partial charge in [0.05, 0.1) is 17.0 Å². The van der Waals surface area contributed by atoms with Crippen molar-refractivity contribution >= 4 is 5.97 Å². The van der Waals surface area contributed by atoms with Gasteiger partial charge in [-0.3, -0.25) is 4.98 Å². The molecule has 0 aliphatic carbocycles. The molecule has 0 aliphatic heterocycles. The van der Waals surface area contributed by atoms with E-state index in [-0.39, 0.29) is 17.3 Å². The summed E-state index contributed by atoms with van der Waals surface area (Å²) in [6.45, 7) is 5.48. The molecule has 0 amide bonds. The second kappa shape index (κ2) is 5.41. The molecule has 4 heteroatoms. The van der Waals surface area contributed by atoms with Crippen molar-refractivity contribution in [3.05, 3.63) is 53.0 Å². The highest BCUT2D eigenvalue weighted by molar-refractivity contribution is 5.90. The van der Waals surface area contributed by atoms with Crippen molar-refractivity contribution in [1.29, 1.82) is 0 Å². The summed E-state index contributed by atoms with van der Waals surface area (Å²) >= 11 is 0. The number of hydrogen-bond acceptors (Lipinski definition) is 2. The molecule has 1 aromatic carbocycles. The van der Waals surface area contributed by atoms with Gasteiger partial charge in [-0.15, -0.1) is 0 Å². The van der Waals surface area contributed by atoms with Gasteiger partial charge in [0, 0.05) is 5.56 Å². The average molecular weight is 273 g/mol. The van der Waals surface area contributed by atoms with E-state index in [1.54, 1.807) is 31.2 Å². The number of carbonyl (C=O) groups is 1. The van der Waals surface area contributed by atoms with E-state index in [1.165, 1.54) is 6.07 Å². The topological polar surface area (TPSA) is 50.2 Å². The minimum absolute atomic E-state index is 0.0489. The molecule has 0 saturated carbocycles. The maximum absolute atomic E-state index is 13.9. The number of pyridine rings is 1. The zero-order chi connectivity index (χ0) is 14.9. The van der Waals surface area contributed by atoms with E-state index < -0.39 is 5.97 Å². The molecule has 3 nitrogen and oxygen atoms in total. The van der Waals surface area contributed by atoms with Gasteiger partial charge in [0.1, 0.15) is 5.82 Å². The molecule has 0 bridgehead atoms. The molecular weight excluding hydrogens is 257 g/mol. The number of halogens is 1. The molecule has 0 fully saturated rings. The van der Waals surface area contributed by atoms with Gasteiger partial charge in [-0.1, -0.05) is 26.0 Å². The Kier molecular flexibility index (Phi) is 3.84. The van der Waals surface area contributed by atoms with Crippen LogP contribution in [0.15, 0.2) is 30.3 Å². The number of rotatable bonds is 3. The summed E-state index contributed by atoms with van der Waals surface area (Å²) in [7, 11) is 0. The molecule has 1 heterocycles. The Hall–Kier alpha value is -2.23.